The van der Waals surface area contributed by atoms with Gasteiger partial charge < -0.3 is 10.5 Å². The fraction of sp³-hybridized carbons (Fsp3) is 0.333. The molecule has 1 aliphatic rings. The van der Waals surface area contributed by atoms with Crippen molar-refractivity contribution < 1.29 is 9.13 Å². The molecule has 0 amide bonds. The second-order valence-electron chi connectivity index (χ2n) is 4.33. The lowest BCUT2D eigenvalue weighted by molar-refractivity contribution is 0.415. The third-order valence-corrected chi connectivity index (χ3v) is 2.98. The summed E-state index contributed by atoms with van der Waals surface area (Å²) >= 11 is 0. The minimum absolute atomic E-state index is 0.268. The summed E-state index contributed by atoms with van der Waals surface area (Å²) < 4.78 is 19.1. The summed E-state index contributed by atoms with van der Waals surface area (Å²) in [5.41, 5.74) is 6.87. The largest absolute Gasteiger partial charge is 0.494 e. The molecule has 0 atom stereocenters. The maximum absolute atomic E-state index is 13.9. The summed E-state index contributed by atoms with van der Waals surface area (Å²) in [6.07, 6.45) is 3.69. The first kappa shape index (κ1) is 11.0. The fourth-order valence-electron chi connectivity index (χ4n) is 1.91. The number of rotatable bonds is 3. The van der Waals surface area contributed by atoms with Gasteiger partial charge in [-0.2, -0.15) is 15.0 Å². The zero-order chi connectivity index (χ0) is 12.7. The molecule has 1 heterocycles. The Labute approximate surface area is 103 Å². The van der Waals surface area contributed by atoms with E-state index in [1.807, 2.05) is 0 Å². The smallest absolute Gasteiger partial charge is 0.154 e. The molecule has 0 bridgehead atoms. The van der Waals surface area contributed by atoms with Crippen LogP contribution in [0.3, 0.4) is 0 Å². The molecular formula is C12H13FN4O. The van der Waals surface area contributed by atoms with Gasteiger partial charge in [-0.1, -0.05) is 0 Å². The van der Waals surface area contributed by atoms with Crippen LogP contribution in [0.25, 0.3) is 11.3 Å². The molecule has 1 aromatic heterocycles. The van der Waals surface area contributed by atoms with E-state index in [4.69, 9.17) is 10.5 Å². The van der Waals surface area contributed by atoms with Crippen LogP contribution in [0.5, 0.6) is 5.75 Å². The average molecular weight is 248 g/mol. The lowest BCUT2D eigenvalue weighted by Crippen LogP contribution is -2.00. The molecule has 5 nitrogen and oxygen atoms in total. The van der Waals surface area contributed by atoms with Gasteiger partial charge in [0.1, 0.15) is 11.5 Å². The van der Waals surface area contributed by atoms with Crippen molar-refractivity contribution in [3.63, 3.8) is 0 Å². The van der Waals surface area contributed by atoms with Crippen molar-refractivity contribution in [3.8, 4) is 17.0 Å². The van der Waals surface area contributed by atoms with Crippen molar-refractivity contribution in [1.29, 1.82) is 0 Å². The zero-order valence-corrected chi connectivity index (χ0v) is 9.93. The Morgan fingerprint density at radius 1 is 1.44 bits per heavy atom. The molecule has 94 valence electrons. The third-order valence-electron chi connectivity index (χ3n) is 2.98. The highest BCUT2D eigenvalue weighted by Crippen LogP contribution is 2.38. The van der Waals surface area contributed by atoms with E-state index < -0.39 is 5.82 Å². The van der Waals surface area contributed by atoms with Crippen LogP contribution in [0.2, 0.25) is 0 Å². The van der Waals surface area contributed by atoms with Gasteiger partial charge >= 0.3 is 0 Å². The van der Waals surface area contributed by atoms with E-state index in [1.54, 1.807) is 11.0 Å². The molecule has 0 unspecified atom stereocenters. The summed E-state index contributed by atoms with van der Waals surface area (Å²) in [5, 5.41) is 8.43. The van der Waals surface area contributed by atoms with Gasteiger partial charge in [-0.3, -0.25) is 0 Å². The van der Waals surface area contributed by atoms with Crippen LogP contribution in [-0.2, 0) is 0 Å². The van der Waals surface area contributed by atoms with Crippen LogP contribution >= 0.6 is 0 Å². The van der Waals surface area contributed by atoms with Gasteiger partial charge in [-0.15, -0.1) is 0 Å². The Morgan fingerprint density at radius 2 is 2.22 bits per heavy atom. The van der Waals surface area contributed by atoms with E-state index in [1.165, 1.54) is 19.2 Å². The molecule has 2 N–H and O–H groups in total. The summed E-state index contributed by atoms with van der Waals surface area (Å²) in [6, 6.07) is 3.14. The van der Waals surface area contributed by atoms with Crippen LogP contribution in [0.15, 0.2) is 18.3 Å². The van der Waals surface area contributed by atoms with Crippen molar-refractivity contribution in [2.24, 2.45) is 0 Å². The molecule has 1 aliphatic carbocycles. The standard InChI is InChI=1S/C12H13FN4O/c1-18-12-9(14)5-4-8(13)11(12)10-6-15-17(16-10)7-2-3-7/h4-7H,2-3,14H2,1H3. The molecule has 0 aliphatic heterocycles. The average Bonchev–Trinajstić information content (AvgIpc) is 3.11. The summed E-state index contributed by atoms with van der Waals surface area (Å²) in [4.78, 5) is 1.62. The van der Waals surface area contributed by atoms with Crippen LogP contribution in [-0.4, -0.2) is 22.1 Å². The highest BCUT2D eigenvalue weighted by atomic mass is 19.1. The number of benzene rings is 1. The van der Waals surface area contributed by atoms with Gasteiger partial charge in [-0.25, -0.2) is 4.39 Å². The quantitative estimate of drug-likeness (QED) is 0.844. The van der Waals surface area contributed by atoms with Gasteiger partial charge in [-0.05, 0) is 25.0 Å². The van der Waals surface area contributed by atoms with Gasteiger partial charge in [0.25, 0.3) is 0 Å². The number of nitrogens with zero attached hydrogens (tertiary/aromatic N) is 3. The van der Waals surface area contributed by atoms with Crippen LogP contribution < -0.4 is 10.5 Å². The van der Waals surface area contributed by atoms with Gasteiger partial charge in [0, 0.05) is 0 Å². The second kappa shape index (κ2) is 3.97. The van der Waals surface area contributed by atoms with Crippen molar-refractivity contribution in [1.82, 2.24) is 15.0 Å². The maximum Gasteiger partial charge on any atom is 0.154 e. The van der Waals surface area contributed by atoms with E-state index in [-0.39, 0.29) is 5.56 Å². The number of aromatic nitrogens is 3. The van der Waals surface area contributed by atoms with Crippen molar-refractivity contribution in [2.75, 3.05) is 12.8 Å². The highest BCUT2D eigenvalue weighted by Gasteiger charge is 2.27. The van der Waals surface area contributed by atoms with E-state index in [0.717, 1.165) is 12.8 Å². The van der Waals surface area contributed by atoms with Crippen LogP contribution in [0.1, 0.15) is 18.9 Å². The van der Waals surface area contributed by atoms with Gasteiger partial charge in [0.15, 0.2) is 5.75 Å². The molecule has 3 rings (SSSR count). The van der Waals surface area contributed by atoms with Crippen molar-refractivity contribution in [2.45, 2.75) is 18.9 Å². The van der Waals surface area contributed by atoms with Crippen molar-refractivity contribution >= 4 is 5.69 Å². The number of halogens is 1. The van der Waals surface area contributed by atoms with E-state index in [9.17, 15) is 4.39 Å². The lowest BCUT2D eigenvalue weighted by atomic mass is 10.1. The second-order valence-corrected chi connectivity index (χ2v) is 4.33. The van der Waals surface area contributed by atoms with Crippen molar-refractivity contribution in [3.05, 3.63) is 24.1 Å². The summed E-state index contributed by atoms with van der Waals surface area (Å²) in [6.45, 7) is 0. The first-order chi connectivity index (χ1) is 8.70. The zero-order valence-electron chi connectivity index (χ0n) is 9.93. The molecule has 1 fully saturated rings. The summed E-state index contributed by atoms with van der Waals surface area (Å²) in [7, 11) is 1.46. The van der Waals surface area contributed by atoms with E-state index >= 15 is 0 Å². The predicted octanol–water partition coefficient (Wildman–Crippen LogP) is 2.01. The highest BCUT2D eigenvalue weighted by molar-refractivity contribution is 5.75. The molecular weight excluding hydrogens is 235 g/mol. The maximum atomic E-state index is 13.9. The number of nitrogen functional groups attached to an aromatic ring is 1. The Bertz CT molecular complexity index is 592. The monoisotopic (exact) mass is 248 g/mol. The Hall–Kier alpha value is -2.11. The normalized spacial score (nSPS) is 14.8. The Morgan fingerprint density at radius 3 is 2.89 bits per heavy atom. The van der Waals surface area contributed by atoms with E-state index in [2.05, 4.69) is 10.2 Å². The van der Waals surface area contributed by atoms with Crippen LogP contribution in [0.4, 0.5) is 10.1 Å². The first-order valence-electron chi connectivity index (χ1n) is 5.75. The first-order valence-corrected chi connectivity index (χ1v) is 5.75. The lowest BCUT2D eigenvalue weighted by Gasteiger charge is -2.09. The Kier molecular flexibility index (Phi) is 2.43. The minimum Gasteiger partial charge on any atom is -0.494 e. The number of hydrogen-bond donors (Lipinski definition) is 1. The molecule has 2 aromatic rings. The summed E-state index contributed by atoms with van der Waals surface area (Å²) in [5.74, 6) is -0.109. The van der Waals surface area contributed by atoms with Gasteiger partial charge in [0.05, 0.1) is 30.6 Å². The molecule has 1 saturated carbocycles. The molecule has 0 spiro atoms. The number of nitrogens with two attached hydrogens (primary N) is 1. The van der Waals surface area contributed by atoms with Gasteiger partial charge in [0.2, 0.25) is 0 Å². The predicted molar refractivity (Wildman–Crippen MR) is 64.7 cm³/mol. The van der Waals surface area contributed by atoms with E-state index in [0.29, 0.717) is 23.2 Å². The fourth-order valence-corrected chi connectivity index (χ4v) is 1.91. The molecule has 0 radical (unpaired) electrons. The number of anilines is 1. The molecule has 0 saturated heterocycles. The number of ether oxygens (including phenoxy) is 1. The minimum atomic E-state index is -0.413. The molecule has 1 aromatic carbocycles. The van der Waals surface area contributed by atoms with Crippen LogP contribution in [0, 0.1) is 5.82 Å². The molecule has 6 heteroatoms. The Balaban J connectivity index is 2.11. The third kappa shape index (κ3) is 1.70. The number of hydrogen-bond acceptors (Lipinski definition) is 4. The SMILES string of the molecule is COc1c(N)ccc(F)c1-c1cnn(C2CC2)n1. The number of methoxy groups -OCH3 is 1. The molecule has 18 heavy (non-hydrogen) atoms. The topological polar surface area (TPSA) is 66.0 Å².